The Labute approximate surface area is 198 Å². The molecule has 8 nitrogen and oxygen atoms in total. The molecule has 0 saturated carbocycles. The van der Waals surface area contributed by atoms with Gasteiger partial charge in [-0.15, -0.1) is 0 Å². The first-order valence-corrected chi connectivity index (χ1v) is 12.7. The van der Waals surface area contributed by atoms with E-state index in [0.717, 1.165) is 22.5 Å². The quantitative estimate of drug-likeness (QED) is 0.540. The lowest BCUT2D eigenvalue weighted by Gasteiger charge is -2.29. The first-order chi connectivity index (χ1) is 16.3. The van der Waals surface area contributed by atoms with Crippen LogP contribution in [0.1, 0.15) is 16.8 Å². The molecule has 1 amide bonds. The smallest absolute Gasteiger partial charge is 0.264 e. The molecule has 3 aromatic rings. The third-order valence-electron chi connectivity index (χ3n) is 6.18. The molecular weight excluding hydrogens is 454 g/mol. The van der Waals surface area contributed by atoms with Crippen LogP contribution in [0.5, 0.6) is 11.6 Å². The van der Waals surface area contributed by atoms with Crippen molar-refractivity contribution in [2.24, 2.45) is 0 Å². The topological polar surface area (TPSA) is 90.7 Å². The number of methoxy groups -OCH3 is 1. The Morgan fingerprint density at radius 2 is 2.12 bits per heavy atom. The third kappa shape index (κ3) is 4.31. The zero-order chi connectivity index (χ0) is 23.9. The highest BCUT2D eigenvalue weighted by molar-refractivity contribution is 7.94. The number of amides is 1. The van der Waals surface area contributed by atoms with Gasteiger partial charge in [0.2, 0.25) is 5.88 Å². The van der Waals surface area contributed by atoms with E-state index in [0.29, 0.717) is 18.1 Å². The van der Waals surface area contributed by atoms with Crippen LogP contribution in [0.2, 0.25) is 0 Å². The van der Waals surface area contributed by atoms with E-state index in [1.807, 2.05) is 43.5 Å². The maximum atomic E-state index is 13.7. The van der Waals surface area contributed by atoms with Gasteiger partial charge in [-0.05, 0) is 55.0 Å². The van der Waals surface area contributed by atoms with Crippen molar-refractivity contribution < 1.29 is 22.7 Å². The molecule has 2 aliphatic rings. The summed E-state index contributed by atoms with van der Waals surface area (Å²) in [5.41, 5.74) is 3.85. The van der Waals surface area contributed by atoms with E-state index in [-0.39, 0.29) is 18.2 Å². The minimum absolute atomic E-state index is 0.141. The number of rotatable bonds is 6. The maximum absolute atomic E-state index is 13.7. The van der Waals surface area contributed by atoms with Gasteiger partial charge in [-0.2, -0.15) is 0 Å². The van der Waals surface area contributed by atoms with E-state index in [4.69, 9.17) is 9.47 Å². The second-order valence-corrected chi connectivity index (χ2v) is 10.5. The maximum Gasteiger partial charge on any atom is 0.264 e. The van der Waals surface area contributed by atoms with Crippen LogP contribution in [0.15, 0.2) is 66.3 Å². The largest absolute Gasteiger partial charge is 0.481 e. The molecule has 5 rings (SSSR count). The number of aromatic nitrogens is 2. The van der Waals surface area contributed by atoms with Crippen molar-refractivity contribution in [2.75, 3.05) is 12.9 Å². The van der Waals surface area contributed by atoms with Gasteiger partial charge in [-0.25, -0.2) is 13.4 Å². The number of benzene rings is 1. The van der Waals surface area contributed by atoms with E-state index >= 15 is 0 Å². The summed E-state index contributed by atoms with van der Waals surface area (Å²) in [6, 6.07) is 12.9. The summed E-state index contributed by atoms with van der Waals surface area (Å²) in [5, 5.41) is 1.18. The molecule has 0 saturated heterocycles. The average Bonchev–Trinajstić information content (AvgIpc) is 3.54. The molecular formula is C25H25N3O5S. The number of hydrogen-bond acceptors (Lipinski definition) is 6. The van der Waals surface area contributed by atoms with Crippen LogP contribution in [-0.4, -0.2) is 53.8 Å². The van der Waals surface area contributed by atoms with Gasteiger partial charge >= 0.3 is 0 Å². The van der Waals surface area contributed by atoms with Crippen LogP contribution in [0.4, 0.5) is 0 Å². The Bertz CT molecular complexity index is 1380. The molecule has 4 heterocycles. The van der Waals surface area contributed by atoms with Crippen LogP contribution in [0.25, 0.3) is 5.69 Å². The summed E-state index contributed by atoms with van der Waals surface area (Å²) in [5.74, 6) is 0.707. The first kappa shape index (κ1) is 22.2. The van der Waals surface area contributed by atoms with Crippen molar-refractivity contribution in [1.82, 2.24) is 14.5 Å². The van der Waals surface area contributed by atoms with Crippen molar-refractivity contribution in [2.45, 2.75) is 32.0 Å². The Morgan fingerprint density at radius 3 is 2.82 bits per heavy atom. The fourth-order valence-corrected chi connectivity index (χ4v) is 5.73. The van der Waals surface area contributed by atoms with Crippen molar-refractivity contribution in [1.29, 1.82) is 0 Å². The number of sulfone groups is 1. The molecule has 0 bridgehead atoms. The van der Waals surface area contributed by atoms with Gasteiger partial charge in [-0.1, -0.05) is 0 Å². The molecule has 0 aliphatic carbocycles. The summed E-state index contributed by atoms with van der Waals surface area (Å²) in [6.45, 7) is 2.25. The van der Waals surface area contributed by atoms with Crippen molar-refractivity contribution in [3.63, 3.8) is 0 Å². The molecule has 0 spiro atoms. The summed E-state index contributed by atoms with van der Waals surface area (Å²) in [4.78, 5) is 19.3. The lowest BCUT2D eigenvalue weighted by molar-refractivity contribution is -0.139. The van der Waals surface area contributed by atoms with Gasteiger partial charge in [0, 0.05) is 53.8 Å². The standard InChI is InChI=1S/C25H25N3O5S/c1-17-4-3-10-27(17)20-5-6-22-19(13-20)14-23(33-22)25(29)28(21-8-11-34(30,31)16-21)15-18-7-9-26-24(12-18)32-2/h3-13,21,23H,14-16H2,1-2H3. The molecule has 0 N–H and O–H groups in total. The summed E-state index contributed by atoms with van der Waals surface area (Å²) in [7, 11) is -1.82. The molecule has 176 valence electrons. The first-order valence-electron chi connectivity index (χ1n) is 11.0. The minimum atomic E-state index is -3.35. The van der Waals surface area contributed by atoms with E-state index in [1.54, 1.807) is 29.3 Å². The fraction of sp³-hybridized carbons (Fsp3) is 0.280. The van der Waals surface area contributed by atoms with Gasteiger partial charge in [-0.3, -0.25) is 4.79 Å². The number of nitrogens with zero attached hydrogens (tertiary/aromatic N) is 3. The number of fused-ring (bicyclic) bond motifs is 1. The SMILES string of the molecule is COc1cc(CN(C(=O)C2Cc3cc(-n4cccc4C)ccc3O2)C2C=CS(=O)(=O)C2)ccn1. The summed E-state index contributed by atoms with van der Waals surface area (Å²) >= 11 is 0. The Kier molecular flexibility index (Phi) is 5.65. The highest BCUT2D eigenvalue weighted by Gasteiger charge is 2.37. The van der Waals surface area contributed by atoms with E-state index in [2.05, 4.69) is 9.55 Å². The molecule has 2 aromatic heterocycles. The molecule has 0 fully saturated rings. The molecule has 9 heteroatoms. The van der Waals surface area contributed by atoms with Gasteiger partial charge in [0.15, 0.2) is 15.9 Å². The monoisotopic (exact) mass is 479 g/mol. The third-order valence-corrected chi connectivity index (χ3v) is 7.56. The molecule has 2 unspecified atom stereocenters. The summed E-state index contributed by atoms with van der Waals surface area (Å²) < 4.78 is 37.5. The number of hydrogen-bond donors (Lipinski definition) is 0. The van der Waals surface area contributed by atoms with E-state index in [1.165, 1.54) is 12.5 Å². The number of ether oxygens (including phenoxy) is 2. The normalized spacial score (nSPS) is 20.1. The highest BCUT2D eigenvalue weighted by Crippen LogP contribution is 2.33. The fourth-order valence-electron chi connectivity index (χ4n) is 4.43. The van der Waals surface area contributed by atoms with E-state index in [9.17, 15) is 13.2 Å². The highest BCUT2D eigenvalue weighted by atomic mass is 32.2. The molecule has 1 aromatic carbocycles. The lowest BCUT2D eigenvalue weighted by Crippen LogP contribution is -2.47. The lowest BCUT2D eigenvalue weighted by atomic mass is 10.1. The number of pyridine rings is 1. The van der Waals surface area contributed by atoms with Gasteiger partial charge in [0.1, 0.15) is 5.75 Å². The second-order valence-electron chi connectivity index (χ2n) is 8.52. The molecule has 2 atom stereocenters. The Morgan fingerprint density at radius 1 is 1.26 bits per heavy atom. The zero-order valence-corrected chi connectivity index (χ0v) is 19.7. The van der Waals surface area contributed by atoms with Crippen LogP contribution in [0.3, 0.4) is 0 Å². The van der Waals surface area contributed by atoms with Crippen LogP contribution in [-0.2, 0) is 27.6 Å². The van der Waals surface area contributed by atoms with Crippen LogP contribution in [0, 0.1) is 6.92 Å². The summed E-state index contributed by atoms with van der Waals surface area (Å²) in [6.07, 6.45) is 4.86. The molecule has 2 aliphatic heterocycles. The van der Waals surface area contributed by atoms with Gasteiger partial charge < -0.3 is 18.9 Å². The number of carbonyl (C=O) groups excluding carboxylic acids is 1. The van der Waals surface area contributed by atoms with Crippen molar-refractivity contribution >= 4 is 15.7 Å². The minimum Gasteiger partial charge on any atom is -0.481 e. The van der Waals surface area contributed by atoms with Gasteiger partial charge in [0.25, 0.3) is 5.91 Å². The van der Waals surface area contributed by atoms with E-state index < -0.39 is 22.0 Å². The predicted octanol–water partition coefficient (Wildman–Crippen LogP) is 2.83. The number of aryl methyl sites for hydroxylation is 1. The van der Waals surface area contributed by atoms with Crippen molar-refractivity contribution in [3.8, 4) is 17.3 Å². The zero-order valence-electron chi connectivity index (χ0n) is 18.9. The average molecular weight is 480 g/mol. The molecule has 34 heavy (non-hydrogen) atoms. The van der Waals surface area contributed by atoms with Crippen molar-refractivity contribution in [3.05, 3.63) is 83.2 Å². The van der Waals surface area contributed by atoms with Crippen LogP contribution >= 0.6 is 0 Å². The Hall–Kier alpha value is -3.59. The Balaban J connectivity index is 1.40. The van der Waals surface area contributed by atoms with Gasteiger partial charge in [0.05, 0.1) is 18.9 Å². The van der Waals surface area contributed by atoms with Crippen LogP contribution < -0.4 is 9.47 Å². The molecule has 0 radical (unpaired) electrons. The predicted molar refractivity (Wildman–Crippen MR) is 127 cm³/mol. The number of carbonyl (C=O) groups is 1. The second kappa shape index (κ2) is 8.64.